The zero-order chi connectivity index (χ0) is 51.8. The first-order chi connectivity index (χ1) is 34.2. The lowest BCUT2D eigenvalue weighted by atomic mass is 10.0. The average molecular weight is 1020 g/mol. The number of nitrogens with one attached hydrogen (secondary N) is 2. The number of hydrogen-bond acceptors (Lipinski definition) is 14. The number of anilines is 4. The minimum Gasteiger partial charge on any atom is -0.461 e. The zero-order valence-corrected chi connectivity index (χ0v) is 39.8. The largest absolute Gasteiger partial charge is 0.461 e. The van der Waals surface area contributed by atoms with Crippen LogP contribution in [0.4, 0.5) is 49.4 Å². The van der Waals surface area contributed by atoms with Crippen molar-refractivity contribution in [3.8, 4) is 28.5 Å². The highest BCUT2D eigenvalue weighted by atomic mass is 32.2. The summed E-state index contributed by atoms with van der Waals surface area (Å²) < 4.78 is 119. The van der Waals surface area contributed by atoms with E-state index in [0.717, 1.165) is 41.6 Å². The minimum atomic E-state index is -4.57. The minimum absolute atomic E-state index is 0.0259. The summed E-state index contributed by atoms with van der Waals surface area (Å²) in [7, 11) is -3.73. The van der Waals surface area contributed by atoms with E-state index in [1.54, 1.807) is 55.5 Å². The Hall–Kier alpha value is -7.21. The van der Waals surface area contributed by atoms with Crippen molar-refractivity contribution in [3.05, 3.63) is 130 Å². The number of amides is 2. The molecule has 0 bridgehead atoms. The van der Waals surface area contributed by atoms with Crippen LogP contribution >= 0.6 is 0 Å². The second-order valence-electron chi connectivity index (χ2n) is 16.5. The molecule has 6 aromatic rings. The summed E-state index contributed by atoms with van der Waals surface area (Å²) >= 11 is 0. The van der Waals surface area contributed by atoms with Crippen LogP contribution in [0.1, 0.15) is 43.0 Å². The monoisotopic (exact) mass is 1020 g/mol. The molecule has 8 rings (SSSR count). The van der Waals surface area contributed by atoms with Gasteiger partial charge in [0.05, 0.1) is 55.5 Å². The molecule has 4 heterocycles. The number of aliphatic hydroxyl groups is 1. The van der Waals surface area contributed by atoms with Gasteiger partial charge in [-0.15, -0.1) is 0 Å². The van der Waals surface area contributed by atoms with Gasteiger partial charge in [-0.25, -0.2) is 18.4 Å². The molecule has 0 aliphatic carbocycles. The number of alkyl halides is 6. The number of carbonyl (C=O) groups is 2. The number of hydrogen-bond donors (Lipinski definition) is 3. The predicted octanol–water partition coefficient (Wildman–Crippen LogP) is 7.89. The Bertz CT molecular complexity index is 3040. The lowest BCUT2D eigenvalue weighted by Crippen LogP contribution is -2.37. The van der Waals surface area contributed by atoms with Gasteiger partial charge in [-0.1, -0.05) is 24.3 Å². The topological polar surface area (TPSA) is 198 Å². The van der Waals surface area contributed by atoms with Gasteiger partial charge in [-0.3, -0.25) is 9.59 Å². The summed E-state index contributed by atoms with van der Waals surface area (Å²) in [6, 6.07) is 22.0. The molecule has 0 atom stereocenters. The second-order valence-corrected chi connectivity index (χ2v) is 18.4. The molecule has 4 aromatic carbocycles. The molecule has 2 amide bonds. The predicted molar refractivity (Wildman–Crippen MR) is 255 cm³/mol. The van der Waals surface area contributed by atoms with Crippen LogP contribution in [0.3, 0.4) is 0 Å². The van der Waals surface area contributed by atoms with Gasteiger partial charge < -0.3 is 39.8 Å². The Morgan fingerprint density at radius 3 is 1.51 bits per heavy atom. The highest BCUT2D eigenvalue weighted by Crippen LogP contribution is 2.34. The number of carbonyl (C=O) groups excluding carboxylic acids is 2. The van der Waals surface area contributed by atoms with Crippen molar-refractivity contribution in [1.29, 1.82) is 0 Å². The van der Waals surface area contributed by atoms with Crippen molar-refractivity contribution < 1.29 is 63.7 Å². The van der Waals surface area contributed by atoms with Gasteiger partial charge in [-0.05, 0) is 85.6 Å². The Labute approximate surface area is 409 Å². The second kappa shape index (κ2) is 22.5. The van der Waals surface area contributed by atoms with Gasteiger partial charge in [0.15, 0.2) is 0 Å². The highest BCUT2D eigenvalue weighted by molar-refractivity contribution is 7.90. The number of nitrogens with zero attached hydrogens (tertiary/aromatic N) is 6. The van der Waals surface area contributed by atoms with Gasteiger partial charge in [0.2, 0.25) is 15.0 Å². The van der Waals surface area contributed by atoms with Gasteiger partial charge >= 0.3 is 18.4 Å². The van der Waals surface area contributed by atoms with Crippen LogP contribution in [0.2, 0.25) is 0 Å². The van der Waals surface area contributed by atoms with Gasteiger partial charge in [-0.2, -0.15) is 36.3 Å². The average Bonchev–Trinajstić information content (AvgIpc) is 3.36. The van der Waals surface area contributed by atoms with E-state index >= 15 is 0 Å². The lowest BCUT2D eigenvalue weighted by Gasteiger charge is -2.28. The Morgan fingerprint density at radius 1 is 0.639 bits per heavy atom. The highest BCUT2D eigenvalue weighted by Gasteiger charge is 2.32. The van der Waals surface area contributed by atoms with Crippen LogP contribution in [0, 0.1) is 13.8 Å². The molecule has 2 aliphatic heterocycles. The maximum Gasteiger partial charge on any atom is 0.416 e. The summed E-state index contributed by atoms with van der Waals surface area (Å²) in [5.74, 6) is -0.320. The van der Waals surface area contributed by atoms with E-state index in [1.807, 2.05) is 16.7 Å². The van der Waals surface area contributed by atoms with E-state index in [0.29, 0.717) is 98.1 Å². The number of sulfone groups is 1. The van der Waals surface area contributed by atoms with E-state index in [2.05, 4.69) is 30.6 Å². The van der Waals surface area contributed by atoms with E-state index in [-0.39, 0.29) is 35.5 Å². The number of aryl methyl sites for hydroxylation is 2. The number of benzene rings is 4. The van der Waals surface area contributed by atoms with Crippen molar-refractivity contribution in [2.45, 2.75) is 31.4 Å². The van der Waals surface area contributed by atoms with Gasteiger partial charge in [0, 0.05) is 78.2 Å². The third-order valence-electron chi connectivity index (χ3n) is 11.2. The fourth-order valence-corrected chi connectivity index (χ4v) is 7.93. The molecule has 3 N–H and O–H groups in total. The molecule has 72 heavy (non-hydrogen) atoms. The van der Waals surface area contributed by atoms with Crippen LogP contribution in [0.5, 0.6) is 6.01 Å². The van der Waals surface area contributed by atoms with Crippen LogP contribution < -0.4 is 25.2 Å². The van der Waals surface area contributed by atoms with E-state index < -0.39 is 45.1 Å². The maximum absolute atomic E-state index is 13.0. The number of halogens is 6. The molecule has 2 aromatic heterocycles. The zero-order valence-electron chi connectivity index (χ0n) is 39.0. The molecule has 16 nitrogen and oxygen atoms in total. The van der Waals surface area contributed by atoms with Crippen molar-refractivity contribution in [3.63, 3.8) is 0 Å². The molecule has 380 valence electrons. The summed E-state index contributed by atoms with van der Waals surface area (Å²) in [4.78, 5) is 46.7. The van der Waals surface area contributed by atoms with E-state index in [9.17, 15) is 44.3 Å². The molecule has 23 heteroatoms. The van der Waals surface area contributed by atoms with Crippen molar-refractivity contribution in [1.82, 2.24) is 19.9 Å². The van der Waals surface area contributed by atoms with Crippen molar-refractivity contribution >= 4 is 44.7 Å². The first-order valence-corrected chi connectivity index (χ1v) is 24.1. The fraction of sp³-hybridized carbons (Fsp3) is 0.306. The number of rotatable bonds is 12. The van der Waals surface area contributed by atoms with Gasteiger partial charge in [0.25, 0.3) is 11.8 Å². The molecular weight excluding hydrogens is 975 g/mol. The summed E-state index contributed by atoms with van der Waals surface area (Å²) in [5, 5.41) is 14.1. The SMILES string of the molecule is Cc1ccc(NC(=O)c2cccc(C(F)(F)F)c2)cc1-c1cc(N2CCOCC2)nc(OCCO)n1.Cc1ccc(NC(=O)c2cccc(C(F)(F)F)c2)cc1-c1cc(N2CCOCC2)nc(S(C)(=O)=O)n1. The Balaban J connectivity index is 0.000000211. The quantitative estimate of drug-likeness (QED) is 0.0790. The third kappa shape index (κ3) is 13.6. The molecule has 0 spiro atoms. The summed E-state index contributed by atoms with van der Waals surface area (Å²) in [6.07, 6.45) is -8.10. The van der Waals surface area contributed by atoms with E-state index in [1.165, 1.54) is 24.3 Å². The van der Waals surface area contributed by atoms with Crippen molar-refractivity contribution in [2.75, 3.05) is 92.5 Å². The normalized spacial score (nSPS) is 14.2. The van der Waals surface area contributed by atoms with E-state index in [4.69, 9.17) is 19.3 Å². The molecular formula is C49H48F6N8O8S. The van der Waals surface area contributed by atoms with Crippen LogP contribution in [-0.2, 0) is 31.7 Å². The summed E-state index contributed by atoms with van der Waals surface area (Å²) in [5.41, 5.74) is 2.31. The smallest absolute Gasteiger partial charge is 0.416 e. The van der Waals surface area contributed by atoms with Crippen molar-refractivity contribution in [2.24, 2.45) is 0 Å². The van der Waals surface area contributed by atoms with Crippen LogP contribution in [0.15, 0.2) is 102 Å². The summed E-state index contributed by atoms with van der Waals surface area (Å²) in [6.45, 7) is 7.91. The first kappa shape index (κ1) is 52.6. The number of aliphatic hydroxyl groups excluding tert-OH is 1. The number of morpholine rings is 2. The van der Waals surface area contributed by atoms with Gasteiger partial charge in [0.1, 0.15) is 18.2 Å². The van der Waals surface area contributed by atoms with Crippen LogP contribution in [0.25, 0.3) is 22.5 Å². The Morgan fingerprint density at radius 2 is 1.08 bits per heavy atom. The molecule has 0 unspecified atom stereocenters. The lowest BCUT2D eigenvalue weighted by molar-refractivity contribution is -0.138. The molecule has 2 fully saturated rings. The molecule has 0 saturated carbocycles. The van der Waals surface area contributed by atoms with Crippen LogP contribution in [-0.4, -0.2) is 117 Å². The standard InChI is InChI=1S/C25H25F3N4O4.C24H23F3N4O4S/c1-16-5-6-19(29-23(34)17-3-2-4-18(13-17)25(26,27)28)14-20(16)21-15-22(32-7-10-35-11-8-32)31-24(30-21)36-12-9-33;1-15-6-7-18(28-22(32)16-4-3-5-17(12-16)24(25,26)27)13-19(15)20-14-21(31-8-10-35-11-9-31)30-23(29-20)36(2,33)34/h2-6,13-15,33H,7-12H2,1H3,(H,29,34);3-7,12-14H,8-11H2,1-2H3,(H,28,32). The molecule has 0 radical (unpaired) electrons. The molecule has 2 aliphatic rings. The first-order valence-electron chi connectivity index (χ1n) is 22.2. The molecule has 2 saturated heterocycles. The fourth-order valence-electron chi connectivity index (χ4n) is 7.41. The number of aromatic nitrogens is 4. The third-order valence-corrected chi connectivity index (χ3v) is 12.0. The Kier molecular flexibility index (Phi) is 16.4. The number of ether oxygens (including phenoxy) is 3. The maximum atomic E-state index is 13.0.